The fourth-order valence-electron chi connectivity index (χ4n) is 9.85. The number of piperazine rings is 2. The van der Waals surface area contributed by atoms with E-state index in [4.69, 9.17) is 0 Å². The molecule has 9 rings (SSSR count). The molecule has 3 atom stereocenters. The molecule has 5 aliphatic heterocycles. The maximum atomic E-state index is 15.7. The Balaban J connectivity index is 0.742. The van der Waals surface area contributed by atoms with Crippen molar-refractivity contribution in [2.45, 2.75) is 57.7 Å². The number of hydrogen-bond donors (Lipinski definition) is 2. The molecule has 0 spiro atoms. The van der Waals surface area contributed by atoms with Gasteiger partial charge in [0.2, 0.25) is 11.8 Å². The van der Waals surface area contributed by atoms with Gasteiger partial charge < -0.3 is 24.9 Å². The van der Waals surface area contributed by atoms with E-state index in [1.54, 1.807) is 41.4 Å². The lowest BCUT2D eigenvalue weighted by Crippen LogP contribution is -2.59. The number of anilines is 4. The standard InChI is InChI=1S/C46H49FN10O5/c1-28-26-56(29(2)25-55(28)38-9-5-31(24-48)42-35(38)4-3-15-49-42)46(62)50-32-6-10-39(37(47)22-32)54-16-13-30(14-17-54)27-52-18-20-53(21-19-52)33-7-8-34-36(23-33)45(61)57(44(34)60)40-11-12-41(58)51-43(40)59/h3-10,15,22-23,28-30,40H,11-14,16-21,25-27H2,1-2H3,(H,50,62)(H,51,58,59)/t28?,29-,40?/m1/s1. The summed E-state index contributed by atoms with van der Waals surface area (Å²) in [4.78, 5) is 80.4. The van der Waals surface area contributed by atoms with Gasteiger partial charge in [0.15, 0.2) is 0 Å². The second kappa shape index (κ2) is 16.7. The number of nitrogens with zero attached hydrogens (tertiary/aromatic N) is 8. The van der Waals surface area contributed by atoms with Gasteiger partial charge >= 0.3 is 6.03 Å². The first-order chi connectivity index (χ1) is 30.0. The lowest BCUT2D eigenvalue weighted by atomic mass is 9.95. The van der Waals surface area contributed by atoms with Crippen molar-refractivity contribution in [3.8, 4) is 6.07 Å². The third-order valence-electron chi connectivity index (χ3n) is 13.3. The molecule has 62 heavy (non-hydrogen) atoms. The summed E-state index contributed by atoms with van der Waals surface area (Å²) in [5.41, 5.74) is 4.51. The van der Waals surface area contributed by atoms with Crippen LogP contribution < -0.4 is 25.3 Å². The van der Waals surface area contributed by atoms with Crippen molar-refractivity contribution in [3.05, 3.63) is 89.4 Å². The number of carbonyl (C=O) groups excluding carboxylic acids is 5. The normalized spacial score (nSPS) is 22.5. The Morgan fingerprint density at radius 3 is 2.35 bits per heavy atom. The zero-order valence-electron chi connectivity index (χ0n) is 34.8. The van der Waals surface area contributed by atoms with Crippen LogP contribution in [-0.2, 0) is 9.59 Å². The average molecular weight is 841 g/mol. The highest BCUT2D eigenvalue weighted by Crippen LogP contribution is 2.34. The zero-order chi connectivity index (χ0) is 43.2. The molecule has 320 valence electrons. The van der Waals surface area contributed by atoms with Gasteiger partial charge in [0.05, 0.1) is 27.9 Å². The molecule has 4 saturated heterocycles. The lowest BCUT2D eigenvalue weighted by molar-refractivity contribution is -0.136. The molecule has 3 aromatic carbocycles. The SMILES string of the molecule is CC1CN(C(=O)Nc2ccc(N3CCC(CN4CCN(c5ccc6c(c5)C(=O)N(C5CCC(=O)NC5=O)C6=O)CC4)CC3)c(F)c2)[C@H](C)CN1c1ccc(C#N)c2ncccc12. The van der Waals surface area contributed by atoms with Crippen LogP contribution in [0.1, 0.15) is 65.8 Å². The summed E-state index contributed by atoms with van der Waals surface area (Å²) in [7, 11) is 0. The summed E-state index contributed by atoms with van der Waals surface area (Å²) in [6.07, 6.45) is 3.74. The van der Waals surface area contributed by atoms with E-state index >= 15 is 4.39 Å². The number of carbonyl (C=O) groups is 5. The van der Waals surface area contributed by atoms with Gasteiger partial charge in [-0.3, -0.25) is 39.3 Å². The van der Waals surface area contributed by atoms with Crippen molar-refractivity contribution in [2.24, 2.45) is 5.92 Å². The van der Waals surface area contributed by atoms with Crippen LogP contribution in [0.4, 0.5) is 31.9 Å². The number of amides is 6. The molecular formula is C46H49FN10O5. The first kappa shape index (κ1) is 40.8. The van der Waals surface area contributed by atoms with E-state index in [9.17, 15) is 29.2 Å². The van der Waals surface area contributed by atoms with Crippen LogP contribution in [0, 0.1) is 23.1 Å². The molecule has 4 fully saturated rings. The summed E-state index contributed by atoms with van der Waals surface area (Å²) in [5.74, 6) is -1.94. The minimum atomic E-state index is -0.991. The molecule has 16 heteroatoms. The molecule has 4 aromatic rings. The predicted molar refractivity (Wildman–Crippen MR) is 232 cm³/mol. The van der Waals surface area contributed by atoms with Crippen LogP contribution in [-0.4, -0.2) is 126 Å². The number of rotatable bonds is 7. The Morgan fingerprint density at radius 2 is 1.61 bits per heavy atom. The Morgan fingerprint density at radius 1 is 0.855 bits per heavy atom. The van der Waals surface area contributed by atoms with E-state index in [2.05, 4.69) is 48.2 Å². The highest BCUT2D eigenvalue weighted by Gasteiger charge is 2.45. The topological polar surface area (TPSA) is 166 Å². The minimum Gasteiger partial charge on any atom is -0.369 e. The number of hydrogen-bond acceptors (Lipinski definition) is 11. The van der Waals surface area contributed by atoms with Gasteiger partial charge in [-0.1, -0.05) is 0 Å². The third-order valence-corrected chi connectivity index (χ3v) is 13.3. The van der Waals surface area contributed by atoms with E-state index < -0.39 is 29.7 Å². The molecule has 0 saturated carbocycles. The van der Waals surface area contributed by atoms with Crippen LogP contribution in [0.15, 0.2) is 66.9 Å². The molecule has 0 aliphatic carbocycles. The van der Waals surface area contributed by atoms with Gasteiger partial charge in [-0.15, -0.1) is 0 Å². The second-order valence-electron chi connectivity index (χ2n) is 17.1. The molecule has 2 unspecified atom stereocenters. The quantitative estimate of drug-likeness (QED) is 0.245. The molecule has 1 aromatic heterocycles. The smallest absolute Gasteiger partial charge is 0.322 e. The summed E-state index contributed by atoms with van der Waals surface area (Å²) in [5, 5.41) is 15.7. The molecular weight excluding hydrogens is 792 g/mol. The molecule has 2 N–H and O–H groups in total. The van der Waals surface area contributed by atoms with E-state index in [1.165, 1.54) is 6.07 Å². The number of benzene rings is 3. The second-order valence-corrected chi connectivity index (χ2v) is 17.1. The first-order valence-corrected chi connectivity index (χ1v) is 21.5. The van der Waals surface area contributed by atoms with Gasteiger partial charge in [0.25, 0.3) is 11.8 Å². The Bertz CT molecular complexity index is 2510. The third kappa shape index (κ3) is 7.65. The number of nitrogens with one attached hydrogen (secondary N) is 2. The summed E-state index contributed by atoms with van der Waals surface area (Å²) >= 11 is 0. The zero-order valence-corrected chi connectivity index (χ0v) is 34.8. The number of halogens is 1. The van der Waals surface area contributed by atoms with Crippen molar-refractivity contribution >= 4 is 63.3 Å². The Labute approximate surface area is 359 Å². The van der Waals surface area contributed by atoms with Crippen molar-refractivity contribution in [2.75, 3.05) is 78.9 Å². The number of aromatic nitrogens is 1. The van der Waals surface area contributed by atoms with Crippen LogP contribution in [0.3, 0.4) is 0 Å². The fraction of sp³-hybridized carbons (Fsp3) is 0.413. The maximum absolute atomic E-state index is 15.7. The Kier molecular flexibility index (Phi) is 11.0. The molecule has 15 nitrogen and oxygen atoms in total. The van der Waals surface area contributed by atoms with Crippen LogP contribution in [0.5, 0.6) is 0 Å². The van der Waals surface area contributed by atoms with E-state index in [1.807, 2.05) is 31.2 Å². The van der Waals surface area contributed by atoms with Gasteiger partial charge in [0, 0.05) is 106 Å². The van der Waals surface area contributed by atoms with Crippen LogP contribution in [0.25, 0.3) is 10.9 Å². The van der Waals surface area contributed by atoms with Gasteiger partial charge in [-0.05, 0) is 99.7 Å². The van der Waals surface area contributed by atoms with Crippen molar-refractivity contribution in [1.82, 2.24) is 25.0 Å². The van der Waals surface area contributed by atoms with Crippen LogP contribution in [0.2, 0.25) is 0 Å². The number of imide groups is 2. The number of pyridine rings is 1. The molecule has 6 heterocycles. The minimum absolute atomic E-state index is 0.0135. The lowest BCUT2D eigenvalue weighted by Gasteiger charge is -2.45. The summed E-state index contributed by atoms with van der Waals surface area (Å²) in [6.45, 7) is 10.7. The van der Waals surface area contributed by atoms with Crippen molar-refractivity contribution in [1.29, 1.82) is 5.26 Å². The molecule has 6 amide bonds. The summed E-state index contributed by atoms with van der Waals surface area (Å²) in [6, 6.07) is 18.6. The van der Waals surface area contributed by atoms with E-state index in [0.29, 0.717) is 41.5 Å². The number of piperidine rings is 2. The number of fused-ring (bicyclic) bond motifs is 2. The largest absolute Gasteiger partial charge is 0.369 e. The highest BCUT2D eigenvalue weighted by atomic mass is 19.1. The average Bonchev–Trinajstić information content (AvgIpc) is 3.52. The highest BCUT2D eigenvalue weighted by molar-refractivity contribution is 6.23. The predicted octanol–water partition coefficient (Wildman–Crippen LogP) is 4.82. The fourth-order valence-corrected chi connectivity index (χ4v) is 9.85. The number of nitriles is 1. The monoisotopic (exact) mass is 840 g/mol. The van der Waals surface area contributed by atoms with Crippen LogP contribution >= 0.6 is 0 Å². The van der Waals surface area contributed by atoms with Gasteiger partial charge in [-0.25, -0.2) is 9.18 Å². The Hall–Kier alpha value is -6.60. The van der Waals surface area contributed by atoms with Gasteiger partial charge in [-0.2, -0.15) is 5.26 Å². The van der Waals surface area contributed by atoms with Gasteiger partial charge in [0.1, 0.15) is 17.9 Å². The maximum Gasteiger partial charge on any atom is 0.322 e. The molecule has 0 bridgehead atoms. The van der Waals surface area contributed by atoms with Crippen molar-refractivity contribution in [3.63, 3.8) is 0 Å². The summed E-state index contributed by atoms with van der Waals surface area (Å²) < 4.78 is 15.7. The molecule has 0 radical (unpaired) electrons. The van der Waals surface area contributed by atoms with Crippen molar-refractivity contribution < 1.29 is 28.4 Å². The van der Waals surface area contributed by atoms with E-state index in [0.717, 1.165) is 80.3 Å². The molecule has 5 aliphatic rings. The first-order valence-electron chi connectivity index (χ1n) is 21.5. The number of urea groups is 1. The van der Waals surface area contributed by atoms with E-state index in [-0.39, 0.29) is 47.9 Å².